The lowest BCUT2D eigenvalue weighted by Crippen LogP contribution is -2.14. The Bertz CT molecular complexity index is 1060. The van der Waals surface area contributed by atoms with E-state index in [0.717, 1.165) is 10.2 Å². The number of nitriles is 1. The lowest BCUT2D eigenvalue weighted by Gasteiger charge is -2.06. The highest BCUT2D eigenvalue weighted by Crippen LogP contribution is 2.29. The largest absolute Gasteiger partial charge is 0.290 e. The fraction of sp³-hybridized carbons (Fsp3) is 0.0556. The van der Waals surface area contributed by atoms with Gasteiger partial charge in [-0.15, -0.1) is 11.3 Å². The average molecular weight is 345 g/mol. The fourth-order valence-corrected chi connectivity index (χ4v) is 3.49. The minimum Gasteiger partial charge on any atom is -0.290 e. The van der Waals surface area contributed by atoms with Gasteiger partial charge in [-0.3, -0.25) is 4.79 Å². The Balaban J connectivity index is 1.71. The van der Waals surface area contributed by atoms with Crippen molar-refractivity contribution >= 4 is 27.3 Å². The summed E-state index contributed by atoms with van der Waals surface area (Å²) in [6, 6.07) is 16.5. The van der Waals surface area contributed by atoms with Crippen molar-refractivity contribution in [3.8, 4) is 11.9 Å². The maximum absolute atomic E-state index is 12.8. The summed E-state index contributed by atoms with van der Waals surface area (Å²) in [7, 11) is 0. The van der Waals surface area contributed by atoms with Gasteiger partial charge >= 0.3 is 0 Å². The Morgan fingerprint density at radius 3 is 2.76 bits per heavy atom. The quantitative estimate of drug-likeness (QED) is 0.529. The number of aromatic nitrogens is 4. The molecule has 3 aromatic heterocycles. The van der Waals surface area contributed by atoms with Crippen molar-refractivity contribution in [1.82, 2.24) is 19.7 Å². The minimum absolute atomic E-state index is 0.221. The predicted octanol–water partition coefficient (Wildman–Crippen LogP) is 3.37. The molecule has 4 rings (SSSR count). The summed E-state index contributed by atoms with van der Waals surface area (Å²) >= 11 is 1.36. The van der Waals surface area contributed by atoms with Crippen LogP contribution < -0.4 is 0 Å². The standard InChI is InChI=1S/C18H11N5OS/c19-11-12(18-22-13-5-1-2-7-15(13)25-18)17(24)14-6-3-8-16(21-14)23-10-4-9-20-23/h1-10,12H/t12-/m0/s1. The number of para-hydroxylation sites is 1. The molecule has 1 aromatic carbocycles. The van der Waals surface area contributed by atoms with Gasteiger partial charge in [0.1, 0.15) is 10.7 Å². The summed E-state index contributed by atoms with van der Waals surface area (Å²) in [5.74, 6) is -0.815. The van der Waals surface area contributed by atoms with Crippen LogP contribution in [0.1, 0.15) is 21.4 Å². The number of rotatable bonds is 4. The molecule has 0 amide bonds. The fourth-order valence-electron chi connectivity index (χ4n) is 2.48. The number of benzene rings is 1. The summed E-state index contributed by atoms with van der Waals surface area (Å²) < 4.78 is 2.51. The Morgan fingerprint density at radius 2 is 2.00 bits per heavy atom. The molecule has 4 aromatic rings. The summed E-state index contributed by atoms with van der Waals surface area (Å²) in [6.07, 6.45) is 3.38. The van der Waals surface area contributed by atoms with Gasteiger partial charge in [0, 0.05) is 12.4 Å². The molecule has 0 fully saturated rings. The van der Waals surface area contributed by atoms with E-state index < -0.39 is 5.92 Å². The molecule has 0 N–H and O–H groups in total. The number of ketones is 1. The monoisotopic (exact) mass is 345 g/mol. The maximum atomic E-state index is 12.8. The Kier molecular flexibility index (Phi) is 3.80. The number of hydrogen-bond donors (Lipinski definition) is 0. The zero-order chi connectivity index (χ0) is 17.2. The van der Waals surface area contributed by atoms with Gasteiger partial charge in [-0.1, -0.05) is 18.2 Å². The summed E-state index contributed by atoms with van der Waals surface area (Å²) in [4.78, 5) is 21.6. The van der Waals surface area contributed by atoms with Crippen molar-refractivity contribution in [3.63, 3.8) is 0 Å². The van der Waals surface area contributed by atoms with Gasteiger partial charge in [-0.05, 0) is 30.3 Å². The van der Waals surface area contributed by atoms with Crippen LogP contribution in [0, 0.1) is 11.3 Å². The lowest BCUT2D eigenvalue weighted by molar-refractivity contribution is 0.0974. The van der Waals surface area contributed by atoms with Gasteiger partial charge in [0.2, 0.25) is 5.78 Å². The van der Waals surface area contributed by atoms with Gasteiger partial charge < -0.3 is 0 Å². The zero-order valence-electron chi connectivity index (χ0n) is 12.9. The van der Waals surface area contributed by atoms with Gasteiger partial charge in [0.05, 0.1) is 16.3 Å². The predicted molar refractivity (Wildman–Crippen MR) is 93.7 cm³/mol. The van der Waals surface area contributed by atoms with Crippen LogP contribution >= 0.6 is 11.3 Å². The van der Waals surface area contributed by atoms with Crippen LogP contribution in [0.2, 0.25) is 0 Å². The maximum Gasteiger partial charge on any atom is 0.205 e. The molecule has 3 heterocycles. The first-order valence-corrected chi connectivity index (χ1v) is 8.34. The van der Waals surface area contributed by atoms with Crippen LogP contribution in [-0.2, 0) is 0 Å². The molecule has 0 bridgehead atoms. The second-order valence-electron chi connectivity index (χ2n) is 5.28. The second-order valence-corrected chi connectivity index (χ2v) is 6.34. The molecule has 0 saturated carbocycles. The zero-order valence-corrected chi connectivity index (χ0v) is 13.7. The highest BCUT2D eigenvalue weighted by Gasteiger charge is 2.26. The van der Waals surface area contributed by atoms with Crippen LogP contribution in [-0.4, -0.2) is 25.5 Å². The molecule has 0 aliphatic carbocycles. The number of carbonyl (C=O) groups excluding carboxylic acids is 1. The third-order valence-corrected chi connectivity index (χ3v) is 4.78. The first kappa shape index (κ1) is 15.2. The van der Waals surface area contributed by atoms with Crippen molar-refractivity contribution in [2.24, 2.45) is 0 Å². The van der Waals surface area contributed by atoms with Crippen molar-refractivity contribution in [2.75, 3.05) is 0 Å². The number of nitrogens with zero attached hydrogens (tertiary/aromatic N) is 5. The van der Waals surface area contributed by atoms with Crippen LogP contribution in [0.25, 0.3) is 16.0 Å². The molecule has 0 saturated heterocycles. The molecule has 6 nitrogen and oxygen atoms in total. The number of thiazole rings is 1. The third-order valence-electron chi connectivity index (χ3n) is 3.67. The SMILES string of the molecule is N#C[C@@H](C(=O)c1cccc(-n2cccn2)n1)c1nc2ccccc2s1. The van der Waals surface area contributed by atoms with Crippen molar-refractivity contribution in [2.45, 2.75) is 5.92 Å². The highest BCUT2D eigenvalue weighted by molar-refractivity contribution is 7.18. The topological polar surface area (TPSA) is 84.5 Å². The van der Waals surface area contributed by atoms with E-state index in [0.29, 0.717) is 10.8 Å². The summed E-state index contributed by atoms with van der Waals surface area (Å²) in [5, 5.41) is 14.1. The lowest BCUT2D eigenvalue weighted by atomic mass is 10.0. The van der Waals surface area contributed by atoms with Gasteiger partial charge in [0.15, 0.2) is 11.7 Å². The smallest absolute Gasteiger partial charge is 0.205 e. The van der Waals surface area contributed by atoms with E-state index in [9.17, 15) is 10.1 Å². The van der Waals surface area contributed by atoms with Crippen molar-refractivity contribution in [1.29, 1.82) is 5.26 Å². The Labute approximate surface area is 147 Å². The van der Waals surface area contributed by atoms with Crippen LogP contribution in [0.5, 0.6) is 0 Å². The molecular formula is C18H11N5OS. The van der Waals surface area contributed by atoms with Gasteiger partial charge in [-0.2, -0.15) is 10.4 Å². The second kappa shape index (κ2) is 6.26. The normalized spacial score (nSPS) is 12.0. The van der Waals surface area contributed by atoms with Gasteiger partial charge in [-0.25, -0.2) is 14.6 Å². The molecule has 0 radical (unpaired) electrons. The number of Topliss-reactive ketones (excluding diaryl/α,β-unsaturated/α-hetero) is 1. The molecule has 0 aliphatic heterocycles. The Hall–Kier alpha value is -3.37. The van der Waals surface area contributed by atoms with E-state index in [4.69, 9.17) is 0 Å². The number of fused-ring (bicyclic) bond motifs is 1. The molecule has 1 atom stereocenters. The summed E-state index contributed by atoms with van der Waals surface area (Å²) in [5.41, 5.74) is 1.01. The van der Waals surface area contributed by atoms with Crippen LogP contribution in [0.3, 0.4) is 0 Å². The molecule has 120 valence electrons. The number of hydrogen-bond acceptors (Lipinski definition) is 6. The molecule has 0 spiro atoms. The van der Waals surface area contributed by atoms with E-state index in [2.05, 4.69) is 21.1 Å². The number of pyridine rings is 1. The van der Waals surface area contributed by atoms with E-state index in [1.807, 2.05) is 24.3 Å². The molecular weight excluding hydrogens is 334 g/mol. The van der Waals surface area contributed by atoms with Crippen molar-refractivity contribution in [3.05, 3.63) is 71.6 Å². The van der Waals surface area contributed by atoms with Crippen LogP contribution in [0.15, 0.2) is 60.9 Å². The first-order chi connectivity index (χ1) is 12.3. The van der Waals surface area contributed by atoms with Crippen LogP contribution in [0.4, 0.5) is 0 Å². The van der Waals surface area contributed by atoms with Crippen molar-refractivity contribution < 1.29 is 4.79 Å². The molecule has 25 heavy (non-hydrogen) atoms. The average Bonchev–Trinajstić information content (AvgIpc) is 3.32. The van der Waals surface area contributed by atoms with E-state index in [-0.39, 0.29) is 11.5 Å². The third kappa shape index (κ3) is 2.79. The molecule has 0 aliphatic rings. The molecule has 0 unspecified atom stereocenters. The first-order valence-electron chi connectivity index (χ1n) is 7.52. The minimum atomic E-state index is -0.974. The number of carbonyl (C=O) groups is 1. The van der Waals surface area contributed by atoms with E-state index in [1.54, 1.807) is 41.3 Å². The van der Waals surface area contributed by atoms with E-state index >= 15 is 0 Å². The Morgan fingerprint density at radius 1 is 1.12 bits per heavy atom. The summed E-state index contributed by atoms with van der Waals surface area (Å²) in [6.45, 7) is 0. The van der Waals surface area contributed by atoms with E-state index in [1.165, 1.54) is 11.3 Å². The molecule has 7 heteroatoms. The highest BCUT2D eigenvalue weighted by atomic mass is 32.1. The van der Waals surface area contributed by atoms with Gasteiger partial charge in [0.25, 0.3) is 0 Å².